The minimum Gasteiger partial charge on any atom is -0.491 e. The number of hydrogen-bond donors (Lipinski definition) is 1. The number of aliphatic hydroxyl groups excluding tert-OH is 1. The molecule has 2 aromatic rings. The summed E-state index contributed by atoms with van der Waals surface area (Å²) in [6.45, 7) is 0.961. The molecule has 3 rings (SSSR count). The van der Waals surface area contributed by atoms with Crippen molar-refractivity contribution in [2.45, 2.75) is 25.5 Å². The first-order valence-electron chi connectivity index (χ1n) is 6.84. The molecule has 0 fully saturated rings. The molecule has 1 atom stereocenters. The van der Waals surface area contributed by atoms with Crippen LogP contribution in [0.1, 0.15) is 23.7 Å². The normalized spacial score (nSPS) is 16.9. The summed E-state index contributed by atoms with van der Waals surface area (Å²) in [5.41, 5.74) is 2.05. The van der Waals surface area contributed by atoms with E-state index in [9.17, 15) is 9.90 Å². The summed E-state index contributed by atoms with van der Waals surface area (Å²) < 4.78 is 7.41. The van der Waals surface area contributed by atoms with Crippen LogP contribution >= 0.6 is 0 Å². The third kappa shape index (κ3) is 2.47. The van der Waals surface area contributed by atoms with Crippen molar-refractivity contribution in [1.29, 1.82) is 0 Å². The Kier molecular flexibility index (Phi) is 3.56. The molecule has 20 heavy (non-hydrogen) atoms. The van der Waals surface area contributed by atoms with Crippen LogP contribution in [0.5, 0.6) is 5.75 Å². The summed E-state index contributed by atoms with van der Waals surface area (Å²) in [6, 6.07) is 10.9. The zero-order valence-corrected chi connectivity index (χ0v) is 11.2. The highest BCUT2D eigenvalue weighted by Crippen LogP contribution is 2.36. The van der Waals surface area contributed by atoms with Crippen LogP contribution in [0.3, 0.4) is 0 Å². The lowest BCUT2D eigenvalue weighted by Crippen LogP contribution is -2.21. The molecule has 1 unspecified atom stereocenters. The molecule has 1 aliphatic carbocycles. The Morgan fingerprint density at radius 1 is 1.25 bits per heavy atom. The molecule has 0 bridgehead atoms. The molecule has 0 amide bonds. The standard InChI is InChI=1S/C16H17NO3/c18-14-8-7-13-12(14)4-3-5-15(13)20-11-10-17-9-2-1-6-16(17)19/h1-6,9,14,18H,7-8,10-11H2. The summed E-state index contributed by atoms with van der Waals surface area (Å²) in [4.78, 5) is 11.6. The molecular formula is C16H17NO3. The molecular weight excluding hydrogens is 254 g/mol. The van der Waals surface area contributed by atoms with Crippen LogP contribution in [-0.4, -0.2) is 16.3 Å². The lowest BCUT2D eigenvalue weighted by molar-refractivity contribution is 0.180. The van der Waals surface area contributed by atoms with E-state index in [1.54, 1.807) is 16.8 Å². The maximum absolute atomic E-state index is 11.6. The van der Waals surface area contributed by atoms with Gasteiger partial charge < -0.3 is 14.4 Å². The third-order valence-electron chi connectivity index (χ3n) is 3.68. The largest absolute Gasteiger partial charge is 0.491 e. The van der Waals surface area contributed by atoms with Gasteiger partial charge in [-0.2, -0.15) is 0 Å². The summed E-state index contributed by atoms with van der Waals surface area (Å²) in [5.74, 6) is 0.822. The average Bonchev–Trinajstić information content (AvgIpc) is 2.84. The molecule has 1 heterocycles. The molecule has 1 aliphatic rings. The molecule has 0 saturated carbocycles. The molecule has 0 radical (unpaired) electrons. The highest BCUT2D eigenvalue weighted by molar-refractivity contribution is 5.44. The minimum atomic E-state index is -0.370. The smallest absolute Gasteiger partial charge is 0.250 e. The molecule has 0 spiro atoms. The Hall–Kier alpha value is -2.07. The number of benzene rings is 1. The summed E-state index contributed by atoms with van der Waals surface area (Å²) in [5, 5.41) is 9.84. The van der Waals surface area contributed by atoms with Gasteiger partial charge in [-0.1, -0.05) is 18.2 Å². The van der Waals surface area contributed by atoms with Crippen molar-refractivity contribution in [3.63, 3.8) is 0 Å². The van der Waals surface area contributed by atoms with Crippen molar-refractivity contribution in [2.24, 2.45) is 0 Å². The Morgan fingerprint density at radius 2 is 2.15 bits per heavy atom. The van der Waals surface area contributed by atoms with E-state index in [1.807, 2.05) is 24.3 Å². The number of ether oxygens (including phenoxy) is 1. The molecule has 4 heteroatoms. The molecule has 1 N–H and O–H groups in total. The van der Waals surface area contributed by atoms with Crippen molar-refractivity contribution in [3.8, 4) is 5.75 Å². The third-order valence-corrected chi connectivity index (χ3v) is 3.68. The van der Waals surface area contributed by atoms with Gasteiger partial charge in [0.1, 0.15) is 12.4 Å². The fourth-order valence-electron chi connectivity index (χ4n) is 2.63. The summed E-state index contributed by atoms with van der Waals surface area (Å²) in [7, 11) is 0. The number of fused-ring (bicyclic) bond motifs is 1. The van der Waals surface area contributed by atoms with E-state index in [1.165, 1.54) is 6.07 Å². The van der Waals surface area contributed by atoms with Crippen LogP contribution in [0, 0.1) is 0 Å². The van der Waals surface area contributed by atoms with Gasteiger partial charge >= 0.3 is 0 Å². The van der Waals surface area contributed by atoms with Gasteiger partial charge in [-0.3, -0.25) is 4.79 Å². The van der Waals surface area contributed by atoms with E-state index < -0.39 is 0 Å². The van der Waals surface area contributed by atoms with E-state index in [-0.39, 0.29) is 11.7 Å². The SMILES string of the molecule is O=c1ccccn1CCOc1cccc2c1CCC2O. The highest BCUT2D eigenvalue weighted by atomic mass is 16.5. The quantitative estimate of drug-likeness (QED) is 0.924. The molecule has 0 aliphatic heterocycles. The summed E-state index contributed by atoms with van der Waals surface area (Å²) in [6.07, 6.45) is 2.99. The molecule has 104 valence electrons. The molecule has 0 saturated heterocycles. The van der Waals surface area contributed by atoms with Crippen LogP contribution in [0.4, 0.5) is 0 Å². The Morgan fingerprint density at radius 3 is 3.00 bits per heavy atom. The van der Waals surface area contributed by atoms with E-state index in [4.69, 9.17) is 4.74 Å². The van der Waals surface area contributed by atoms with Crippen molar-refractivity contribution < 1.29 is 9.84 Å². The topological polar surface area (TPSA) is 51.5 Å². The second kappa shape index (κ2) is 5.51. The number of hydrogen-bond acceptors (Lipinski definition) is 3. The number of aromatic nitrogens is 1. The molecule has 1 aromatic carbocycles. The zero-order valence-electron chi connectivity index (χ0n) is 11.2. The first-order chi connectivity index (χ1) is 9.75. The van der Waals surface area contributed by atoms with Gasteiger partial charge in [0, 0.05) is 17.8 Å². The second-order valence-electron chi connectivity index (χ2n) is 4.96. The predicted octanol–water partition coefficient (Wildman–Crippen LogP) is 1.91. The predicted molar refractivity (Wildman–Crippen MR) is 75.9 cm³/mol. The fourth-order valence-corrected chi connectivity index (χ4v) is 2.63. The van der Waals surface area contributed by atoms with Crippen LogP contribution in [-0.2, 0) is 13.0 Å². The lowest BCUT2D eigenvalue weighted by Gasteiger charge is -2.12. The van der Waals surface area contributed by atoms with Gasteiger partial charge in [-0.05, 0) is 30.5 Å². The van der Waals surface area contributed by atoms with E-state index in [2.05, 4.69) is 0 Å². The Balaban J connectivity index is 1.68. The summed E-state index contributed by atoms with van der Waals surface area (Å²) >= 11 is 0. The number of nitrogens with zero attached hydrogens (tertiary/aromatic N) is 1. The fraction of sp³-hybridized carbons (Fsp3) is 0.312. The first-order valence-corrected chi connectivity index (χ1v) is 6.84. The van der Waals surface area contributed by atoms with Crippen molar-refractivity contribution in [3.05, 3.63) is 64.1 Å². The molecule has 4 nitrogen and oxygen atoms in total. The van der Waals surface area contributed by atoms with E-state index >= 15 is 0 Å². The van der Waals surface area contributed by atoms with Crippen molar-refractivity contribution in [1.82, 2.24) is 4.57 Å². The zero-order chi connectivity index (χ0) is 13.9. The number of pyridine rings is 1. The van der Waals surface area contributed by atoms with Gasteiger partial charge in [0.25, 0.3) is 5.56 Å². The average molecular weight is 271 g/mol. The van der Waals surface area contributed by atoms with Gasteiger partial charge in [-0.25, -0.2) is 0 Å². The van der Waals surface area contributed by atoms with Gasteiger partial charge in [-0.15, -0.1) is 0 Å². The van der Waals surface area contributed by atoms with Crippen LogP contribution in [0.25, 0.3) is 0 Å². The molecule has 1 aromatic heterocycles. The Labute approximate surface area is 117 Å². The minimum absolute atomic E-state index is 0.0233. The van der Waals surface area contributed by atoms with Gasteiger partial charge in [0.05, 0.1) is 12.6 Å². The first kappa shape index (κ1) is 12.9. The number of rotatable bonds is 4. The maximum Gasteiger partial charge on any atom is 0.250 e. The highest BCUT2D eigenvalue weighted by Gasteiger charge is 2.22. The number of aliphatic hydroxyl groups is 1. The maximum atomic E-state index is 11.6. The van der Waals surface area contributed by atoms with Gasteiger partial charge in [0.15, 0.2) is 0 Å². The van der Waals surface area contributed by atoms with Crippen molar-refractivity contribution in [2.75, 3.05) is 6.61 Å². The van der Waals surface area contributed by atoms with E-state index in [0.29, 0.717) is 13.2 Å². The van der Waals surface area contributed by atoms with Gasteiger partial charge in [0.2, 0.25) is 0 Å². The Bertz CT molecular complexity index is 663. The van der Waals surface area contributed by atoms with Crippen LogP contribution < -0.4 is 10.3 Å². The lowest BCUT2D eigenvalue weighted by atomic mass is 10.1. The van der Waals surface area contributed by atoms with Crippen molar-refractivity contribution >= 4 is 0 Å². The monoisotopic (exact) mass is 271 g/mol. The van der Waals surface area contributed by atoms with Crippen LogP contribution in [0.15, 0.2) is 47.4 Å². The van der Waals surface area contributed by atoms with E-state index in [0.717, 1.165) is 29.7 Å². The second-order valence-corrected chi connectivity index (χ2v) is 4.96. The van der Waals surface area contributed by atoms with Crippen LogP contribution in [0.2, 0.25) is 0 Å².